The number of anilines is 1. The van der Waals surface area contributed by atoms with Crippen LogP contribution in [-0.4, -0.2) is 71.3 Å². The molecule has 2 aliphatic heterocycles. The van der Waals surface area contributed by atoms with E-state index in [1.54, 1.807) is 12.1 Å². The fourth-order valence-electron chi connectivity index (χ4n) is 4.86. The van der Waals surface area contributed by atoms with Gasteiger partial charge in [-0.3, -0.25) is 29.4 Å². The number of aryl methyl sites for hydroxylation is 2. The van der Waals surface area contributed by atoms with Crippen molar-refractivity contribution >= 4 is 29.5 Å². The smallest absolute Gasteiger partial charge is 0.323 e. The molecule has 0 aliphatic carbocycles. The maximum absolute atomic E-state index is 13.5. The lowest BCUT2D eigenvalue weighted by Crippen LogP contribution is -2.53. The third-order valence-electron chi connectivity index (χ3n) is 6.77. The Labute approximate surface area is 214 Å². The van der Waals surface area contributed by atoms with Crippen LogP contribution in [-0.2, 0) is 36.8 Å². The van der Waals surface area contributed by atoms with Crippen molar-refractivity contribution in [1.82, 2.24) is 10.6 Å². The molecule has 1 amide bonds. The van der Waals surface area contributed by atoms with Crippen molar-refractivity contribution in [1.29, 1.82) is 0 Å². The van der Waals surface area contributed by atoms with Crippen LogP contribution in [0.2, 0.25) is 0 Å². The predicted molar refractivity (Wildman–Crippen MR) is 134 cm³/mol. The van der Waals surface area contributed by atoms with Crippen molar-refractivity contribution < 1.29 is 34.1 Å². The number of para-hydroxylation sites is 1. The molecule has 0 aromatic heterocycles. The maximum atomic E-state index is 13.5. The highest BCUT2D eigenvalue weighted by Crippen LogP contribution is 2.27. The highest BCUT2D eigenvalue weighted by molar-refractivity contribution is 6.02. The Hall–Kier alpha value is -3.76. The minimum Gasteiger partial charge on any atom is -0.480 e. The fourth-order valence-corrected chi connectivity index (χ4v) is 4.86. The highest BCUT2D eigenvalue weighted by Gasteiger charge is 2.37. The van der Waals surface area contributed by atoms with Crippen molar-refractivity contribution in [3.05, 3.63) is 65.7 Å². The molecule has 196 valence electrons. The number of nitrogens with zero attached hydrogens (tertiary/aromatic N) is 1. The molecule has 4 rings (SSSR count). The predicted octanol–water partition coefficient (Wildman–Crippen LogP) is 1.37. The van der Waals surface area contributed by atoms with Crippen LogP contribution in [0.3, 0.4) is 0 Å². The van der Waals surface area contributed by atoms with Gasteiger partial charge < -0.3 is 20.3 Å². The van der Waals surface area contributed by atoms with Gasteiger partial charge in [-0.25, -0.2) is 0 Å². The molecule has 2 aromatic rings. The van der Waals surface area contributed by atoms with Gasteiger partial charge in [-0.1, -0.05) is 48.5 Å². The maximum Gasteiger partial charge on any atom is 0.323 e. The van der Waals surface area contributed by atoms with Crippen LogP contribution in [0.15, 0.2) is 54.6 Å². The molecule has 0 spiro atoms. The van der Waals surface area contributed by atoms with Gasteiger partial charge in [0.15, 0.2) is 0 Å². The van der Waals surface area contributed by atoms with Crippen LogP contribution in [0.25, 0.3) is 0 Å². The third-order valence-corrected chi connectivity index (χ3v) is 6.77. The van der Waals surface area contributed by atoms with E-state index in [0.717, 1.165) is 11.1 Å². The van der Waals surface area contributed by atoms with Crippen molar-refractivity contribution in [2.24, 2.45) is 0 Å². The lowest BCUT2D eigenvalue weighted by atomic mass is 10.0. The second kappa shape index (κ2) is 12.0. The molecule has 37 heavy (non-hydrogen) atoms. The Balaban J connectivity index is 1.52. The summed E-state index contributed by atoms with van der Waals surface area (Å²) >= 11 is 0. The summed E-state index contributed by atoms with van der Waals surface area (Å²) in [6, 6.07) is 14.4. The van der Waals surface area contributed by atoms with Gasteiger partial charge in [0, 0.05) is 18.7 Å². The first-order valence-corrected chi connectivity index (χ1v) is 12.4. The number of fused-ring (bicyclic) bond motifs is 1. The van der Waals surface area contributed by atoms with Gasteiger partial charge in [0.1, 0.15) is 24.7 Å². The number of aliphatic carboxylic acids is 2. The first-order valence-electron chi connectivity index (χ1n) is 12.4. The summed E-state index contributed by atoms with van der Waals surface area (Å²) in [7, 11) is 0. The highest BCUT2D eigenvalue weighted by atomic mass is 16.5. The lowest BCUT2D eigenvalue weighted by Gasteiger charge is -2.28. The number of benzene rings is 2. The summed E-state index contributed by atoms with van der Waals surface area (Å²) in [5.74, 6) is -3.11. The normalized spacial score (nSPS) is 22.1. The molecule has 2 aromatic carbocycles. The number of carboxylic acid groups (broad SMARTS) is 2. The summed E-state index contributed by atoms with van der Waals surface area (Å²) in [5, 5.41) is 24.7. The number of hydrogen-bond acceptors (Lipinski definition) is 7. The second-order valence-electron chi connectivity index (χ2n) is 9.38. The van der Waals surface area contributed by atoms with Gasteiger partial charge in [-0.2, -0.15) is 0 Å². The zero-order valence-corrected chi connectivity index (χ0v) is 20.3. The van der Waals surface area contributed by atoms with E-state index in [1.165, 1.54) is 4.90 Å². The topological polar surface area (TPSA) is 145 Å². The molecular formula is C27H31N3O7. The van der Waals surface area contributed by atoms with Crippen molar-refractivity contribution in [3.8, 4) is 0 Å². The van der Waals surface area contributed by atoms with Crippen LogP contribution in [0.5, 0.6) is 0 Å². The van der Waals surface area contributed by atoms with E-state index in [1.807, 2.05) is 42.5 Å². The molecule has 10 nitrogen and oxygen atoms in total. The summed E-state index contributed by atoms with van der Waals surface area (Å²) in [4.78, 5) is 50.8. The van der Waals surface area contributed by atoms with Gasteiger partial charge in [0.2, 0.25) is 5.91 Å². The molecule has 10 heteroatoms. The van der Waals surface area contributed by atoms with Crippen LogP contribution in [0.4, 0.5) is 5.69 Å². The number of amides is 1. The number of hydrogen-bond donors (Lipinski definition) is 4. The van der Waals surface area contributed by atoms with Crippen LogP contribution in [0.1, 0.15) is 30.4 Å². The van der Waals surface area contributed by atoms with Gasteiger partial charge in [0.25, 0.3) is 0 Å². The summed E-state index contributed by atoms with van der Waals surface area (Å²) in [6.45, 7) is -0.254. The summed E-state index contributed by atoms with van der Waals surface area (Å²) < 4.78 is 5.66. The molecule has 0 bridgehead atoms. The van der Waals surface area contributed by atoms with E-state index in [2.05, 4.69) is 10.6 Å². The fraction of sp³-hybridized carbons (Fsp3) is 0.407. The molecule has 4 atom stereocenters. The largest absolute Gasteiger partial charge is 0.480 e. The van der Waals surface area contributed by atoms with E-state index >= 15 is 0 Å². The molecule has 2 aliphatic rings. The Kier molecular flexibility index (Phi) is 8.52. The standard InChI is InChI=1S/C27H31N3O7/c31-24(32)16-30-23-9-5-4-8-18(23)11-13-20(25(30)33)29-21(12-10-17-6-2-1-3-7-17)27(36)37-19-14-22(26(34)35)28-15-19/h1-9,19-22,28-29H,10-16H2,(H,31,32)(H,34,35)/t19-,20-,21+,22+/m1/s1. The minimum absolute atomic E-state index is 0.163. The zero-order chi connectivity index (χ0) is 26.4. The van der Waals surface area contributed by atoms with Crippen LogP contribution < -0.4 is 15.5 Å². The van der Waals surface area contributed by atoms with E-state index in [4.69, 9.17) is 4.74 Å². The molecule has 1 fully saturated rings. The number of carboxylic acids is 2. The van der Waals surface area contributed by atoms with E-state index in [0.29, 0.717) is 31.4 Å². The molecule has 0 saturated carbocycles. The molecule has 2 heterocycles. The lowest BCUT2D eigenvalue weighted by molar-refractivity contribution is -0.152. The SMILES string of the molecule is O=C(O)CN1C(=O)[C@H](N[C@@H](CCc2ccccc2)C(=O)O[C@H]2CN[C@H](C(=O)O)C2)CCc2ccccc21. The van der Waals surface area contributed by atoms with Gasteiger partial charge in [0.05, 0.1) is 6.04 Å². The Bertz CT molecular complexity index is 1140. The first kappa shape index (κ1) is 26.3. The molecule has 1 saturated heterocycles. The monoisotopic (exact) mass is 509 g/mol. The quantitative estimate of drug-likeness (QED) is 0.349. The summed E-state index contributed by atoms with van der Waals surface area (Å²) in [5.41, 5.74) is 2.43. The van der Waals surface area contributed by atoms with E-state index in [9.17, 15) is 29.4 Å². The third kappa shape index (κ3) is 6.72. The van der Waals surface area contributed by atoms with Gasteiger partial charge >= 0.3 is 17.9 Å². The number of carbonyl (C=O) groups excluding carboxylic acids is 2. The van der Waals surface area contributed by atoms with Crippen molar-refractivity contribution in [2.75, 3.05) is 18.0 Å². The Morgan fingerprint density at radius 1 is 1.08 bits per heavy atom. The number of nitrogens with one attached hydrogen (secondary N) is 2. The number of rotatable bonds is 10. The first-order chi connectivity index (χ1) is 17.8. The number of esters is 1. The average molecular weight is 510 g/mol. The molecule has 0 unspecified atom stereocenters. The molecule has 0 radical (unpaired) electrons. The van der Waals surface area contributed by atoms with Crippen LogP contribution in [0, 0.1) is 0 Å². The van der Waals surface area contributed by atoms with Crippen molar-refractivity contribution in [3.63, 3.8) is 0 Å². The summed E-state index contributed by atoms with van der Waals surface area (Å²) in [6.07, 6.45) is 1.38. The number of carbonyl (C=O) groups is 4. The van der Waals surface area contributed by atoms with Crippen LogP contribution >= 0.6 is 0 Å². The van der Waals surface area contributed by atoms with Crippen molar-refractivity contribution in [2.45, 2.75) is 56.3 Å². The molecule has 4 N–H and O–H groups in total. The minimum atomic E-state index is -1.13. The molecular weight excluding hydrogens is 478 g/mol. The Morgan fingerprint density at radius 2 is 1.81 bits per heavy atom. The van der Waals surface area contributed by atoms with E-state index in [-0.39, 0.29) is 13.0 Å². The van der Waals surface area contributed by atoms with Gasteiger partial charge in [-0.15, -0.1) is 0 Å². The second-order valence-corrected chi connectivity index (χ2v) is 9.38. The zero-order valence-electron chi connectivity index (χ0n) is 20.3. The van der Waals surface area contributed by atoms with Gasteiger partial charge in [-0.05, 0) is 42.9 Å². The average Bonchev–Trinajstić information content (AvgIpc) is 3.31. The Morgan fingerprint density at radius 3 is 2.51 bits per heavy atom. The van der Waals surface area contributed by atoms with E-state index < -0.39 is 54.6 Å². The number of ether oxygens (including phenoxy) is 1.